The largest absolute Gasteiger partial charge is 0.507 e. The minimum atomic E-state index is -0.810. The maximum Gasteiger partial charge on any atom is 0.295 e. The first-order valence-corrected chi connectivity index (χ1v) is 12.4. The molecule has 0 aromatic heterocycles. The van der Waals surface area contributed by atoms with E-state index >= 15 is 0 Å². The molecular formula is C28H35NO7. The van der Waals surface area contributed by atoms with Crippen LogP contribution >= 0.6 is 0 Å². The number of amides is 1. The summed E-state index contributed by atoms with van der Waals surface area (Å²) < 4.78 is 22.4. The lowest BCUT2D eigenvalue weighted by Crippen LogP contribution is -2.32. The van der Waals surface area contributed by atoms with Gasteiger partial charge in [-0.1, -0.05) is 19.4 Å². The number of carbonyl (C=O) groups excluding carboxylic acids is 2. The number of ketones is 1. The minimum Gasteiger partial charge on any atom is -0.507 e. The highest BCUT2D eigenvalue weighted by Crippen LogP contribution is 2.42. The summed E-state index contributed by atoms with van der Waals surface area (Å²) in [6.45, 7) is 7.75. The van der Waals surface area contributed by atoms with Crippen molar-refractivity contribution in [3.63, 3.8) is 0 Å². The van der Waals surface area contributed by atoms with Gasteiger partial charge in [0.1, 0.15) is 11.5 Å². The lowest BCUT2D eigenvalue weighted by atomic mass is 9.95. The van der Waals surface area contributed by atoms with Gasteiger partial charge in [0, 0.05) is 19.2 Å². The SMILES string of the molecule is CCCCOc1ccc(C2/C(=C(\O)c3ccc(OCC)cc3)C(=O)C(=O)N2CCOC)cc1OCC. The molecule has 36 heavy (non-hydrogen) atoms. The normalized spacial score (nSPS) is 16.9. The molecule has 0 aliphatic carbocycles. The summed E-state index contributed by atoms with van der Waals surface area (Å²) in [5.74, 6) is 0.0714. The van der Waals surface area contributed by atoms with Crippen LogP contribution in [-0.2, 0) is 14.3 Å². The number of aliphatic hydroxyl groups excluding tert-OH is 1. The number of Topliss-reactive ketones (excluding diaryl/α,β-unsaturated/α-hetero) is 1. The zero-order valence-electron chi connectivity index (χ0n) is 21.4. The van der Waals surface area contributed by atoms with Crippen molar-refractivity contribution < 1.29 is 33.6 Å². The average Bonchev–Trinajstić information content (AvgIpc) is 3.13. The van der Waals surface area contributed by atoms with Gasteiger partial charge in [0.25, 0.3) is 11.7 Å². The Hall–Kier alpha value is -3.52. The van der Waals surface area contributed by atoms with Gasteiger partial charge in [-0.05, 0) is 62.2 Å². The van der Waals surface area contributed by atoms with E-state index in [4.69, 9.17) is 18.9 Å². The molecule has 0 spiro atoms. The van der Waals surface area contributed by atoms with Crippen molar-refractivity contribution in [3.8, 4) is 17.2 Å². The summed E-state index contributed by atoms with van der Waals surface area (Å²) in [6, 6.07) is 11.3. The summed E-state index contributed by atoms with van der Waals surface area (Å²) in [4.78, 5) is 27.6. The molecule has 0 saturated carbocycles. The van der Waals surface area contributed by atoms with E-state index < -0.39 is 17.7 Å². The van der Waals surface area contributed by atoms with Gasteiger partial charge in [-0.3, -0.25) is 9.59 Å². The number of ether oxygens (including phenoxy) is 4. The van der Waals surface area contributed by atoms with E-state index in [-0.39, 0.29) is 24.5 Å². The molecule has 2 aromatic rings. The Morgan fingerprint density at radius 3 is 2.28 bits per heavy atom. The van der Waals surface area contributed by atoms with Gasteiger partial charge in [0.2, 0.25) is 0 Å². The van der Waals surface area contributed by atoms with E-state index in [0.29, 0.717) is 48.2 Å². The van der Waals surface area contributed by atoms with Crippen molar-refractivity contribution in [2.24, 2.45) is 0 Å². The molecule has 8 nitrogen and oxygen atoms in total. The molecule has 1 aliphatic heterocycles. The molecule has 1 heterocycles. The van der Waals surface area contributed by atoms with Gasteiger partial charge in [0.05, 0.1) is 38.0 Å². The number of carbonyl (C=O) groups is 2. The Morgan fingerprint density at radius 1 is 0.917 bits per heavy atom. The molecule has 2 aromatic carbocycles. The molecule has 3 rings (SSSR count). The van der Waals surface area contributed by atoms with E-state index in [0.717, 1.165) is 12.8 Å². The molecule has 1 saturated heterocycles. The van der Waals surface area contributed by atoms with Crippen molar-refractivity contribution in [2.45, 2.75) is 39.7 Å². The van der Waals surface area contributed by atoms with Crippen LogP contribution in [0.15, 0.2) is 48.0 Å². The van der Waals surface area contributed by atoms with Crippen molar-refractivity contribution in [2.75, 3.05) is 40.1 Å². The summed E-state index contributed by atoms with van der Waals surface area (Å²) in [6.07, 6.45) is 1.91. The third-order valence-corrected chi connectivity index (χ3v) is 5.85. The predicted molar refractivity (Wildman–Crippen MR) is 137 cm³/mol. The second-order valence-corrected chi connectivity index (χ2v) is 8.28. The number of benzene rings is 2. The van der Waals surface area contributed by atoms with Crippen LogP contribution in [0.5, 0.6) is 17.2 Å². The first-order chi connectivity index (χ1) is 17.5. The van der Waals surface area contributed by atoms with Crippen LogP contribution in [0.2, 0.25) is 0 Å². The van der Waals surface area contributed by atoms with Crippen LogP contribution in [0.4, 0.5) is 0 Å². The van der Waals surface area contributed by atoms with E-state index in [2.05, 4.69) is 6.92 Å². The number of unbranched alkanes of at least 4 members (excludes halogenated alkanes) is 1. The molecule has 194 valence electrons. The smallest absolute Gasteiger partial charge is 0.295 e. The molecule has 1 atom stereocenters. The maximum atomic E-state index is 13.2. The average molecular weight is 498 g/mol. The first kappa shape index (κ1) is 27.1. The number of methoxy groups -OCH3 is 1. The van der Waals surface area contributed by atoms with Crippen molar-refractivity contribution in [1.82, 2.24) is 4.90 Å². The minimum absolute atomic E-state index is 0.0161. The van der Waals surface area contributed by atoms with Crippen molar-refractivity contribution in [3.05, 3.63) is 59.2 Å². The third-order valence-electron chi connectivity index (χ3n) is 5.85. The molecule has 1 aliphatic rings. The second kappa shape index (κ2) is 13.0. The zero-order chi connectivity index (χ0) is 26.1. The topological polar surface area (TPSA) is 94.5 Å². The first-order valence-electron chi connectivity index (χ1n) is 12.4. The van der Waals surface area contributed by atoms with Gasteiger partial charge in [-0.15, -0.1) is 0 Å². The summed E-state index contributed by atoms with van der Waals surface area (Å²) >= 11 is 0. The van der Waals surface area contributed by atoms with Gasteiger partial charge in [-0.25, -0.2) is 0 Å². The number of rotatable bonds is 13. The second-order valence-electron chi connectivity index (χ2n) is 8.28. The number of likely N-dealkylation sites (tertiary alicyclic amines) is 1. The molecule has 8 heteroatoms. The van der Waals surface area contributed by atoms with Crippen LogP contribution < -0.4 is 14.2 Å². The lowest BCUT2D eigenvalue weighted by Gasteiger charge is -2.26. The van der Waals surface area contributed by atoms with Crippen LogP contribution in [0, 0.1) is 0 Å². The predicted octanol–water partition coefficient (Wildman–Crippen LogP) is 4.73. The highest BCUT2D eigenvalue weighted by Gasteiger charge is 2.46. The fourth-order valence-corrected chi connectivity index (χ4v) is 4.09. The fourth-order valence-electron chi connectivity index (χ4n) is 4.09. The van der Waals surface area contributed by atoms with Crippen LogP contribution in [0.3, 0.4) is 0 Å². The quantitative estimate of drug-likeness (QED) is 0.185. The lowest BCUT2D eigenvalue weighted by molar-refractivity contribution is -0.140. The van der Waals surface area contributed by atoms with Crippen molar-refractivity contribution in [1.29, 1.82) is 0 Å². The number of nitrogens with zero attached hydrogens (tertiary/aromatic N) is 1. The van der Waals surface area contributed by atoms with Gasteiger partial charge < -0.3 is 29.0 Å². The molecule has 0 bridgehead atoms. The van der Waals surface area contributed by atoms with Crippen molar-refractivity contribution >= 4 is 17.4 Å². The molecule has 0 radical (unpaired) electrons. The van der Waals surface area contributed by atoms with E-state index in [1.807, 2.05) is 13.8 Å². The van der Waals surface area contributed by atoms with E-state index in [1.54, 1.807) is 42.5 Å². The molecule has 1 unspecified atom stereocenters. The van der Waals surface area contributed by atoms with Gasteiger partial charge in [0.15, 0.2) is 11.5 Å². The number of aliphatic hydroxyl groups is 1. The highest BCUT2D eigenvalue weighted by molar-refractivity contribution is 6.46. The third kappa shape index (κ3) is 5.99. The molecule has 1 fully saturated rings. The van der Waals surface area contributed by atoms with Gasteiger partial charge in [-0.2, -0.15) is 0 Å². The monoisotopic (exact) mass is 497 g/mol. The van der Waals surface area contributed by atoms with Crippen LogP contribution in [-0.4, -0.2) is 61.8 Å². The molecule has 1 amide bonds. The Labute approximate surface area is 212 Å². The molecular weight excluding hydrogens is 462 g/mol. The van der Waals surface area contributed by atoms with Gasteiger partial charge >= 0.3 is 0 Å². The Kier molecular flexibility index (Phi) is 9.76. The summed E-state index contributed by atoms with van der Waals surface area (Å²) in [7, 11) is 1.53. The number of hydrogen-bond acceptors (Lipinski definition) is 7. The van der Waals surface area contributed by atoms with Crippen LogP contribution in [0.25, 0.3) is 5.76 Å². The van der Waals surface area contributed by atoms with E-state index in [1.165, 1.54) is 12.0 Å². The number of hydrogen-bond donors (Lipinski definition) is 1. The zero-order valence-corrected chi connectivity index (χ0v) is 21.4. The maximum absolute atomic E-state index is 13.2. The standard InChI is InChI=1S/C28H35NO7/c1-5-8-16-36-22-14-11-20(18-23(22)35-7-3)25-24(27(31)28(32)29(25)15-17-33-4)26(30)19-9-12-21(13-10-19)34-6-2/h9-14,18,25,30H,5-8,15-17H2,1-4H3/b26-24+. The van der Waals surface area contributed by atoms with Crippen LogP contribution in [0.1, 0.15) is 50.8 Å². The van der Waals surface area contributed by atoms with E-state index in [9.17, 15) is 14.7 Å². The Morgan fingerprint density at radius 2 is 1.64 bits per heavy atom. The Bertz CT molecular complexity index is 1080. The molecule has 1 N–H and O–H groups in total. The summed E-state index contributed by atoms with van der Waals surface area (Å²) in [5.41, 5.74) is 1.06. The summed E-state index contributed by atoms with van der Waals surface area (Å²) in [5, 5.41) is 11.2. The Balaban J connectivity index is 2.09. The fraction of sp³-hybridized carbons (Fsp3) is 0.429. The highest BCUT2D eigenvalue weighted by atomic mass is 16.5.